The maximum absolute atomic E-state index is 14.4. The average molecular weight is 536 g/mol. The number of carbonyl (C=O) groups excluding carboxylic acids is 2. The zero-order valence-corrected chi connectivity index (χ0v) is 22.2. The van der Waals surface area contributed by atoms with Crippen molar-refractivity contribution in [3.63, 3.8) is 0 Å². The van der Waals surface area contributed by atoms with Gasteiger partial charge in [0.15, 0.2) is 9.84 Å². The highest BCUT2D eigenvalue weighted by atomic mass is 32.2. The van der Waals surface area contributed by atoms with Crippen LogP contribution >= 0.6 is 0 Å². The molecule has 1 aliphatic carbocycles. The number of likely N-dealkylation sites (tertiary alicyclic amines) is 1. The van der Waals surface area contributed by atoms with Crippen LogP contribution in [-0.4, -0.2) is 55.5 Å². The predicted octanol–water partition coefficient (Wildman–Crippen LogP) is 4.27. The van der Waals surface area contributed by atoms with Gasteiger partial charge in [-0.2, -0.15) is 0 Å². The molecule has 2 aromatic carbocycles. The van der Waals surface area contributed by atoms with Crippen LogP contribution in [0.25, 0.3) is 11.3 Å². The Morgan fingerprint density at radius 3 is 2.58 bits per heavy atom. The summed E-state index contributed by atoms with van der Waals surface area (Å²) in [5, 5.41) is 3.23. The molecule has 2 heterocycles. The van der Waals surface area contributed by atoms with E-state index >= 15 is 0 Å². The third-order valence-electron chi connectivity index (χ3n) is 7.73. The van der Waals surface area contributed by atoms with Gasteiger partial charge in [0.1, 0.15) is 10.7 Å². The number of hydrogen-bond acceptors (Lipinski definition) is 5. The number of pyridine rings is 1. The minimum absolute atomic E-state index is 0.0790. The summed E-state index contributed by atoms with van der Waals surface area (Å²) in [4.78, 5) is 32.4. The van der Waals surface area contributed by atoms with Gasteiger partial charge < -0.3 is 10.2 Å². The van der Waals surface area contributed by atoms with Crippen LogP contribution in [0.5, 0.6) is 0 Å². The number of nitrogens with one attached hydrogen (secondary N) is 1. The molecule has 0 bridgehead atoms. The van der Waals surface area contributed by atoms with Gasteiger partial charge in [-0.3, -0.25) is 14.6 Å². The van der Waals surface area contributed by atoms with E-state index in [4.69, 9.17) is 0 Å². The lowest BCUT2D eigenvalue weighted by Gasteiger charge is -2.33. The zero-order chi connectivity index (χ0) is 27.0. The van der Waals surface area contributed by atoms with Crippen molar-refractivity contribution in [3.8, 4) is 11.3 Å². The normalized spacial score (nSPS) is 21.1. The molecule has 1 saturated heterocycles. The Bertz CT molecular complexity index is 1510. The number of halogens is 1. The molecule has 2 amide bonds. The van der Waals surface area contributed by atoms with Crippen LogP contribution < -0.4 is 5.32 Å². The predicted molar refractivity (Wildman–Crippen MR) is 142 cm³/mol. The van der Waals surface area contributed by atoms with Crippen LogP contribution in [0, 0.1) is 24.6 Å². The second-order valence-electron chi connectivity index (χ2n) is 10.3. The largest absolute Gasteiger partial charge is 0.349 e. The van der Waals surface area contributed by atoms with Gasteiger partial charge >= 0.3 is 0 Å². The molecule has 3 atom stereocenters. The molecule has 3 aromatic rings. The summed E-state index contributed by atoms with van der Waals surface area (Å²) in [5.74, 6) is -1.15. The van der Waals surface area contributed by atoms with Gasteiger partial charge in [0.05, 0.1) is 11.3 Å². The van der Waals surface area contributed by atoms with Gasteiger partial charge in [0.2, 0.25) is 0 Å². The molecule has 7 nitrogen and oxygen atoms in total. The van der Waals surface area contributed by atoms with E-state index in [9.17, 15) is 22.4 Å². The van der Waals surface area contributed by atoms with Crippen molar-refractivity contribution in [3.05, 3.63) is 83.3 Å². The SMILES string of the molecule is Cc1ccccc1-c1ncccc1C(=O)N[C@H]1CCC[C@@H]2CN(C(=O)c3ccc(S(C)(=O)=O)c(F)c3)C[C@H]21. The van der Waals surface area contributed by atoms with Crippen molar-refractivity contribution in [2.75, 3.05) is 19.3 Å². The molecule has 2 aliphatic rings. The first-order chi connectivity index (χ1) is 18.1. The summed E-state index contributed by atoms with van der Waals surface area (Å²) >= 11 is 0. The van der Waals surface area contributed by atoms with Gasteiger partial charge in [-0.05, 0) is 61.6 Å². The molecule has 0 radical (unpaired) electrons. The highest BCUT2D eigenvalue weighted by molar-refractivity contribution is 7.90. The molecule has 5 rings (SSSR count). The lowest BCUT2D eigenvalue weighted by molar-refractivity contribution is 0.0782. The number of carbonyl (C=O) groups is 2. The van der Waals surface area contributed by atoms with Crippen molar-refractivity contribution in [2.24, 2.45) is 11.8 Å². The lowest BCUT2D eigenvalue weighted by Crippen LogP contribution is -2.45. The van der Waals surface area contributed by atoms with E-state index in [1.54, 1.807) is 23.2 Å². The monoisotopic (exact) mass is 535 g/mol. The Hall–Kier alpha value is -3.59. The number of aromatic nitrogens is 1. The molecule has 0 unspecified atom stereocenters. The number of rotatable bonds is 5. The van der Waals surface area contributed by atoms with Crippen LogP contribution in [0.4, 0.5) is 4.39 Å². The van der Waals surface area contributed by atoms with E-state index in [0.717, 1.165) is 48.8 Å². The molecular formula is C29H30FN3O4S. The summed E-state index contributed by atoms with van der Waals surface area (Å²) in [7, 11) is -3.72. The van der Waals surface area contributed by atoms with E-state index in [0.29, 0.717) is 24.3 Å². The van der Waals surface area contributed by atoms with Crippen molar-refractivity contribution < 1.29 is 22.4 Å². The highest BCUT2D eigenvalue weighted by Gasteiger charge is 2.42. The summed E-state index contributed by atoms with van der Waals surface area (Å²) in [6.07, 6.45) is 5.31. The number of hydrogen-bond donors (Lipinski definition) is 1. The Morgan fingerprint density at radius 2 is 1.84 bits per heavy atom. The number of fused-ring (bicyclic) bond motifs is 1. The third-order valence-corrected chi connectivity index (χ3v) is 8.86. The van der Waals surface area contributed by atoms with E-state index in [1.807, 2.05) is 31.2 Å². The first-order valence-corrected chi connectivity index (χ1v) is 14.6. The molecule has 1 saturated carbocycles. The Kier molecular flexibility index (Phi) is 7.05. The van der Waals surface area contributed by atoms with E-state index < -0.39 is 20.5 Å². The highest BCUT2D eigenvalue weighted by Crippen LogP contribution is 2.37. The molecule has 9 heteroatoms. The molecule has 2 fully saturated rings. The fraction of sp³-hybridized carbons (Fsp3) is 0.345. The number of sulfone groups is 1. The van der Waals surface area contributed by atoms with E-state index in [2.05, 4.69) is 10.3 Å². The van der Waals surface area contributed by atoms with Gasteiger partial charge in [-0.25, -0.2) is 12.8 Å². The quantitative estimate of drug-likeness (QED) is 0.526. The number of nitrogens with zero attached hydrogens (tertiary/aromatic N) is 2. The first-order valence-electron chi connectivity index (χ1n) is 12.7. The number of amides is 2. The van der Waals surface area contributed by atoms with Crippen molar-refractivity contribution >= 4 is 21.7 Å². The number of benzene rings is 2. The zero-order valence-electron chi connectivity index (χ0n) is 21.4. The Balaban J connectivity index is 1.33. The minimum Gasteiger partial charge on any atom is -0.349 e. The van der Waals surface area contributed by atoms with E-state index in [1.165, 1.54) is 6.07 Å². The molecule has 1 aromatic heterocycles. The number of aryl methyl sites for hydroxylation is 1. The maximum atomic E-state index is 14.4. The second kappa shape index (κ2) is 10.3. The molecule has 1 aliphatic heterocycles. The van der Waals surface area contributed by atoms with Crippen LogP contribution in [0.2, 0.25) is 0 Å². The van der Waals surface area contributed by atoms with Gasteiger partial charge in [-0.15, -0.1) is 0 Å². The smallest absolute Gasteiger partial charge is 0.253 e. The van der Waals surface area contributed by atoms with Crippen molar-refractivity contribution in [1.29, 1.82) is 0 Å². The maximum Gasteiger partial charge on any atom is 0.253 e. The van der Waals surface area contributed by atoms with Crippen LogP contribution in [0.3, 0.4) is 0 Å². The van der Waals surface area contributed by atoms with Crippen LogP contribution in [0.1, 0.15) is 45.5 Å². The first kappa shape index (κ1) is 26.0. The van der Waals surface area contributed by atoms with Gasteiger partial charge in [0.25, 0.3) is 11.8 Å². The molecule has 1 N–H and O–H groups in total. The Morgan fingerprint density at radius 1 is 1.05 bits per heavy atom. The summed E-state index contributed by atoms with van der Waals surface area (Å²) < 4.78 is 37.9. The molecular weight excluding hydrogens is 505 g/mol. The fourth-order valence-corrected chi connectivity index (χ4v) is 6.55. The Labute approximate surface area is 222 Å². The van der Waals surface area contributed by atoms with E-state index in [-0.39, 0.29) is 35.3 Å². The van der Waals surface area contributed by atoms with Gasteiger partial charge in [-0.1, -0.05) is 30.7 Å². The standard InChI is InChI=1S/C29H30FN3O4S/c1-18-7-3-4-9-21(18)27-22(10-6-14-31-27)28(34)32-25-11-5-8-20-16-33(17-23(20)25)29(35)19-12-13-26(24(30)15-19)38(2,36)37/h3-4,6-7,9-10,12-15,20,23,25H,5,8,11,16-17H2,1-2H3,(H,32,34)/t20-,23-,25+/m1/s1. The van der Waals surface area contributed by atoms with Crippen LogP contribution in [0.15, 0.2) is 65.7 Å². The summed E-state index contributed by atoms with van der Waals surface area (Å²) in [5.41, 5.74) is 3.21. The van der Waals surface area contributed by atoms with Crippen LogP contribution in [-0.2, 0) is 9.84 Å². The average Bonchev–Trinajstić information content (AvgIpc) is 3.33. The summed E-state index contributed by atoms with van der Waals surface area (Å²) in [6, 6.07) is 14.7. The van der Waals surface area contributed by atoms with Crippen molar-refractivity contribution in [2.45, 2.75) is 37.1 Å². The molecule has 198 valence electrons. The topological polar surface area (TPSA) is 96.4 Å². The van der Waals surface area contributed by atoms with Crippen molar-refractivity contribution in [1.82, 2.24) is 15.2 Å². The fourth-order valence-electron chi connectivity index (χ4n) is 5.82. The molecule has 0 spiro atoms. The minimum atomic E-state index is -3.72. The summed E-state index contributed by atoms with van der Waals surface area (Å²) in [6.45, 7) is 2.95. The third kappa shape index (κ3) is 5.07. The lowest BCUT2D eigenvalue weighted by atomic mass is 9.78. The molecule has 38 heavy (non-hydrogen) atoms. The second-order valence-corrected chi connectivity index (χ2v) is 12.3. The van der Waals surface area contributed by atoms with Gasteiger partial charge in [0, 0.05) is 48.6 Å².